The van der Waals surface area contributed by atoms with E-state index in [2.05, 4.69) is 46.7 Å². The van der Waals surface area contributed by atoms with Gasteiger partial charge in [-0.05, 0) is 22.8 Å². The van der Waals surface area contributed by atoms with Gasteiger partial charge in [0.25, 0.3) is 5.56 Å². The molecule has 0 aliphatic rings. The maximum absolute atomic E-state index is 14.0. The van der Waals surface area contributed by atoms with Gasteiger partial charge in [-0.2, -0.15) is 5.10 Å². The summed E-state index contributed by atoms with van der Waals surface area (Å²) in [6.07, 6.45) is 4.70. The monoisotopic (exact) mass is 577 g/mol. The minimum absolute atomic E-state index is 0.270. The molecule has 0 spiro atoms. The number of nitrogens with zero attached hydrogens (tertiary/aromatic N) is 4. The van der Waals surface area contributed by atoms with E-state index in [0.717, 1.165) is 16.7 Å². The Morgan fingerprint density at radius 2 is 1.36 bits per heavy atom. The zero-order valence-electron chi connectivity index (χ0n) is 22.5. The van der Waals surface area contributed by atoms with E-state index in [9.17, 15) is 15.0 Å². The molecule has 42 heavy (non-hydrogen) atoms. The van der Waals surface area contributed by atoms with Gasteiger partial charge in [0.1, 0.15) is 11.4 Å². The quantitative estimate of drug-likeness (QED) is 0.212. The average molecular weight is 578 g/mol. The number of fused-ring (bicyclic) bond motifs is 1. The lowest BCUT2D eigenvalue weighted by Crippen LogP contribution is -2.38. The number of rotatable bonds is 9. The van der Waals surface area contributed by atoms with Crippen LogP contribution in [0, 0.1) is 0 Å². The van der Waals surface area contributed by atoms with Crippen LogP contribution < -0.4 is 10.9 Å². The number of aromatic nitrogens is 4. The molecule has 0 saturated heterocycles. The van der Waals surface area contributed by atoms with Gasteiger partial charge in [-0.25, -0.2) is 9.67 Å². The first kappa shape index (κ1) is 27.4. The molecular weight excluding hydrogens is 550 g/mol. The summed E-state index contributed by atoms with van der Waals surface area (Å²) in [4.78, 5) is 18.2. The molecule has 3 N–H and O–H groups in total. The summed E-state index contributed by atoms with van der Waals surface area (Å²) in [5.41, 5.74) is 2.85. The average Bonchev–Trinajstić information content (AvgIpc) is 3.48. The zero-order chi connectivity index (χ0) is 29.1. The Hall–Kier alpha value is -4.76. The number of halogens is 1. The normalized spacial score (nSPS) is 11.7. The second-order valence-electron chi connectivity index (χ2n) is 9.88. The summed E-state index contributed by atoms with van der Waals surface area (Å²) < 4.78 is 3.37. The lowest BCUT2D eigenvalue weighted by Gasteiger charge is -2.37. The summed E-state index contributed by atoms with van der Waals surface area (Å²) in [5.74, 6) is 0.362. The third-order valence-electron chi connectivity index (χ3n) is 7.42. The second-order valence-corrected chi connectivity index (χ2v) is 10.3. The largest absolute Gasteiger partial charge is 0.394 e. The van der Waals surface area contributed by atoms with Crippen LogP contribution >= 0.6 is 11.6 Å². The molecule has 0 bridgehead atoms. The lowest BCUT2D eigenvalue weighted by atomic mass is 9.77. The van der Waals surface area contributed by atoms with E-state index in [1.807, 2.05) is 65.3 Å². The van der Waals surface area contributed by atoms with Gasteiger partial charge in [0.05, 0.1) is 53.3 Å². The van der Waals surface area contributed by atoms with Crippen molar-refractivity contribution < 1.29 is 10.2 Å². The van der Waals surface area contributed by atoms with Crippen molar-refractivity contribution in [1.29, 1.82) is 0 Å². The first-order valence-corrected chi connectivity index (χ1v) is 13.9. The van der Waals surface area contributed by atoms with Crippen molar-refractivity contribution >= 4 is 28.3 Å². The predicted molar refractivity (Wildman–Crippen MR) is 164 cm³/mol. The van der Waals surface area contributed by atoms with Gasteiger partial charge in [-0.15, -0.1) is 0 Å². The first-order valence-electron chi connectivity index (χ1n) is 13.5. The standard InChI is InChI=1S/C33H28ClN5O3/c34-28-20-35-31(37-26(21-40)22-41)18-30(28)38-17-16-29-27(32(38)42)19-36-39(29)33(23-10-4-1-5-11-23,24-12-6-2-7-13-24)25-14-8-3-9-15-25/h1-20,26,40-41H,21-22H2,(H,35,37). The van der Waals surface area contributed by atoms with Crippen LogP contribution in [0.25, 0.3) is 16.6 Å². The van der Waals surface area contributed by atoms with Crippen molar-refractivity contribution in [2.45, 2.75) is 11.6 Å². The summed E-state index contributed by atoms with van der Waals surface area (Å²) in [5, 5.41) is 27.4. The van der Waals surface area contributed by atoms with Gasteiger partial charge in [0.15, 0.2) is 0 Å². The van der Waals surface area contributed by atoms with Gasteiger partial charge >= 0.3 is 0 Å². The topological polar surface area (TPSA) is 105 Å². The summed E-state index contributed by atoms with van der Waals surface area (Å²) >= 11 is 6.51. The van der Waals surface area contributed by atoms with Gasteiger partial charge < -0.3 is 15.5 Å². The highest BCUT2D eigenvalue weighted by Gasteiger charge is 2.40. The number of pyridine rings is 2. The molecule has 0 radical (unpaired) electrons. The Labute approximate surface area is 247 Å². The molecule has 3 heterocycles. The van der Waals surface area contributed by atoms with Crippen LogP contribution in [-0.2, 0) is 5.54 Å². The molecule has 0 atom stereocenters. The molecule has 0 aliphatic carbocycles. The van der Waals surface area contributed by atoms with Crippen LogP contribution in [0.3, 0.4) is 0 Å². The van der Waals surface area contributed by atoms with E-state index in [4.69, 9.17) is 16.7 Å². The van der Waals surface area contributed by atoms with E-state index in [-0.39, 0.29) is 23.8 Å². The molecule has 0 amide bonds. The highest BCUT2D eigenvalue weighted by molar-refractivity contribution is 6.32. The predicted octanol–water partition coefficient (Wildman–Crippen LogP) is 4.84. The Kier molecular flexibility index (Phi) is 7.58. The van der Waals surface area contributed by atoms with Crippen molar-refractivity contribution in [1.82, 2.24) is 19.3 Å². The molecule has 0 aliphatic heterocycles. The van der Waals surface area contributed by atoms with Crippen LogP contribution in [0.4, 0.5) is 5.82 Å². The zero-order valence-corrected chi connectivity index (χ0v) is 23.3. The fourth-order valence-electron chi connectivity index (χ4n) is 5.44. The fourth-order valence-corrected chi connectivity index (χ4v) is 5.63. The molecule has 6 aromatic rings. The van der Waals surface area contributed by atoms with Gasteiger partial charge in [0, 0.05) is 12.3 Å². The SMILES string of the molecule is O=c1c2cnn(C(c3ccccc3)(c3ccccc3)c3ccccc3)c2ccn1-c1cc(NC(CO)CO)ncc1Cl. The number of anilines is 1. The van der Waals surface area contributed by atoms with Crippen LogP contribution in [0.15, 0.2) is 127 Å². The highest BCUT2D eigenvalue weighted by atomic mass is 35.5. The molecule has 9 heteroatoms. The molecule has 3 aromatic heterocycles. The Bertz CT molecular complexity index is 1770. The smallest absolute Gasteiger partial charge is 0.266 e. The number of nitrogens with one attached hydrogen (secondary N) is 1. The van der Waals surface area contributed by atoms with Gasteiger partial charge in [-0.1, -0.05) is 103 Å². The van der Waals surface area contributed by atoms with E-state index in [0.29, 0.717) is 22.4 Å². The van der Waals surface area contributed by atoms with Crippen molar-refractivity contribution in [2.24, 2.45) is 0 Å². The molecule has 0 saturated carbocycles. The van der Waals surface area contributed by atoms with Crippen LogP contribution in [-0.4, -0.2) is 48.8 Å². The first-order chi connectivity index (χ1) is 20.6. The van der Waals surface area contributed by atoms with E-state index >= 15 is 0 Å². The third kappa shape index (κ3) is 4.65. The number of benzene rings is 3. The van der Waals surface area contributed by atoms with E-state index in [1.54, 1.807) is 18.5 Å². The van der Waals surface area contributed by atoms with Crippen molar-refractivity contribution in [3.05, 3.63) is 154 Å². The van der Waals surface area contributed by atoms with Crippen LogP contribution in [0.2, 0.25) is 5.02 Å². The molecule has 0 unspecified atom stereocenters. The minimum atomic E-state index is -0.876. The number of hydrogen-bond donors (Lipinski definition) is 3. The van der Waals surface area contributed by atoms with Crippen LogP contribution in [0.1, 0.15) is 16.7 Å². The maximum atomic E-state index is 14.0. The van der Waals surface area contributed by atoms with Crippen LogP contribution in [0.5, 0.6) is 0 Å². The van der Waals surface area contributed by atoms with Crippen molar-refractivity contribution in [3.63, 3.8) is 0 Å². The van der Waals surface area contributed by atoms with E-state index < -0.39 is 11.6 Å². The number of hydrogen-bond acceptors (Lipinski definition) is 6. The lowest BCUT2D eigenvalue weighted by molar-refractivity contribution is 0.203. The Morgan fingerprint density at radius 3 is 1.88 bits per heavy atom. The summed E-state index contributed by atoms with van der Waals surface area (Å²) in [6, 6.07) is 33.3. The number of aliphatic hydroxyl groups is 2. The van der Waals surface area contributed by atoms with E-state index in [1.165, 1.54) is 10.8 Å². The molecule has 0 fully saturated rings. The third-order valence-corrected chi connectivity index (χ3v) is 7.71. The molecular formula is C33H28ClN5O3. The Morgan fingerprint density at radius 1 is 0.810 bits per heavy atom. The molecule has 8 nitrogen and oxygen atoms in total. The van der Waals surface area contributed by atoms with Gasteiger partial charge in [-0.3, -0.25) is 9.36 Å². The summed E-state index contributed by atoms with van der Waals surface area (Å²) in [7, 11) is 0. The Balaban J connectivity index is 1.59. The molecule has 6 rings (SSSR count). The summed E-state index contributed by atoms with van der Waals surface area (Å²) in [6.45, 7) is -0.569. The molecule has 3 aromatic carbocycles. The van der Waals surface area contributed by atoms with Gasteiger partial charge in [0.2, 0.25) is 0 Å². The second kappa shape index (κ2) is 11.6. The fraction of sp³-hybridized carbons (Fsp3) is 0.121. The highest BCUT2D eigenvalue weighted by Crippen LogP contribution is 2.41. The van der Waals surface area contributed by atoms with Crippen molar-refractivity contribution in [2.75, 3.05) is 18.5 Å². The minimum Gasteiger partial charge on any atom is -0.394 e. The molecule has 210 valence electrons. The van der Waals surface area contributed by atoms with Crippen molar-refractivity contribution in [3.8, 4) is 5.69 Å². The number of aliphatic hydroxyl groups excluding tert-OH is 2. The maximum Gasteiger partial charge on any atom is 0.266 e.